The Morgan fingerprint density at radius 2 is 1.66 bits per heavy atom. The van der Waals surface area contributed by atoms with Crippen LogP contribution in [0.15, 0.2) is 73.3 Å². The Labute approximate surface area is 172 Å². The summed E-state index contributed by atoms with van der Waals surface area (Å²) in [5.74, 6) is -0.818. The predicted octanol–water partition coefficient (Wildman–Crippen LogP) is 3.60. The topological polar surface area (TPSA) is 78.9 Å². The average Bonchev–Trinajstić information content (AvgIpc) is 2.71. The minimum atomic E-state index is -3.81. The Kier molecular flexibility index (Phi) is 8.57. The summed E-state index contributed by atoms with van der Waals surface area (Å²) in [5.41, 5.74) is 1.29. The highest BCUT2D eigenvalue weighted by atomic mass is 32.2. The van der Waals surface area contributed by atoms with Gasteiger partial charge in [0.15, 0.2) is 0 Å². The van der Waals surface area contributed by atoms with Crippen LogP contribution in [0.25, 0.3) is 0 Å². The molecule has 0 saturated heterocycles. The molecule has 7 heteroatoms. The smallest absolute Gasteiger partial charge is 0.338 e. The van der Waals surface area contributed by atoms with Crippen LogP contribution in [0, 0.1) is 5.92 Å². The summed E-state index contributed by atoms with van der Waals surface area (Å²) in [6.07, 6.45) is 0.888. The van der Waals surface area contributed by atoms with Crippen molar-refractivity contribution in [3.63, 3.8) is 0 Å². The maximum Gasteiger partial charge on any atom is 0.338 e. The molecule has 0 spiro atoms. The molecule has 0 unspecified atom stereocenters. The lowest BCUT2D eigenvalue weighted by atomic mass is 10.00. The lowest BCUT2D eigenvalue weighted by molar-refractivity contribution is -0.0715. The fourth-order valence-corrected chi connectivity index (χ4v) is 3.33. The van der Waals surface area contributed by atoms with E-state index in [0.717, 1.165) is 11.8 Å². The van der Waals surface area contributed by atoms with E-state index in [-0.39, 0.29) is 19.1 Å². The van der Waals surface area contributed by atoms with Crippen molar-refractivity contribution >= 4 is 16.1 Å². The zero-order valence-corrected chi connectivity index (χ0v) is 17.4. The van der Waals surface area contributed by atoms with Crippen molar-refractivity contribution in [2.45, 2.75) is 25.7 Å². The lowest BCUT2D eigenvalue weighted by Crippen LogP contribution is -2.41. The highest BCUT2D eigenvalue weighted by molar-refractivity contribution is 7.86. The van der Waals surface area contributed by atoms with E-state index in [2.05, 4.69) is 6.58 Å². The molecule has 0 aliphatic carbocycles. The van der Waals surface area contributed by atoms with Gasteiger partial charge in [0, 0.05) is 5.92 Å². The second-order valence-electron chi connectivity index (χ2n) is 6.66. The van der Waals surface area contributed by atoms with Crippen LogP contribution in [0.1, 0.15) is 22.8 Å². The third kappa shape index (κ3) is 7.81. The number of benzene rings is 2. The molecule has 2 rings (SSSR count). The van der Waals surface area contributed by atoms with Gasteiger partial charge >= 0.3 is 5.97 Å². The SMILES string of the molecule is C=C[C@@H](C)[C@H](OCc1ccccc1)[C@@H](COC(=O)c1ccccc1)OS(C)(=O)=O. The molecule has 0 saturated carbocycles. The van der Waals surface area contributed by atoms with Gasteiger partial charge in [-0.25, -0.2) is 4.79 Å². The van der Waals surface area contributed by atoms with E-state index in [1.807, 2.05) is 37.3 Å². The molecular weight excluding hydrogens is 392 g/mol. The minimum absolute atomic E-state index is 0.249. The highest BCUT2D eigenvalue weighted by Gasteiger charge is 2.32. The largest absolute Gasteiger partial charge is 0.459 e. The number of carbonyl (C=O) groups excluding carboxylic acids is 1. The average molecular weight is 419 g/mol. The Morgan fingerprint density at radius 1 is 1.07 bits per heavy atom. The van der Waals surface area contributed by atoms with Crippen LogP contribution in [0.4, 0.5) is 0 Å². The normalized spacial score (nSPS) is 14.6. The van der Waals surface area contributed by atoms with E-state index >= 15 is 0 Å². The molecule has 156 valence electrons. The first-order valence-electron chi connectivity index (χ1n) is 9.18. The summed E-state index contributed by atoms with van der Waals surface area (Å²) in [6, 6.07) is 17.9. The van der Waals surface area contributed by atoms with Crippen molar-refractivity contribution in [3.05, 3.63) is 84.4 Å². The van der Waals surface area contributed by atoms with E-state index in [1.54, 1.807) is 36.4 Å². The zero-order valence-electron chi connectivity index (χ0n) is 16.6. The zero-order chi connectivity index (χ0) is 21.3. The van der Waals surface area contributed by atoms with Crippen LogP contribution in [-0.2, 0) is 30.4 Å². The van der Waals surface area contributed by atoms with Crippen LogP contribution in [0.2, 0.25) is 0 Å². The quantitative estimate of drug-likeness (QED) is 0.315. The van der Waals surface area contributed by atoms with Crippen molar-refractivity contribution in [1.29, 1.82) is 0 Å². The number of carbonyl (C=O) groups is 1. The highest BCUT2D eigenvalue weighted by Crippen LogP contribution is 2.20. The third-order valence-electron chi connectivity index (χ3n) is 4.23. The van der Waals surface area contributed by atoms with E-state index in [0.29, 0.717) is 5.56 Å². The Bertz CT molecular complexity index is 880. The van der Waals surface area contributed by atoms with Crippen LogP contribution in [-0.4, -0.2) is 39.5 Å². The Morgan fingerprint density at radius 3 is 2.21 bits per heavy atom. The molecule has 0 radical (unpaired) electrons. The van der Waals surface area contributed by atoms with E-state index in [9.17, 15) is 13.2 Å². The summed E-state index contributed by atoms with van der Waals surface area (Å²) >= 11 is 0. The molecule has 0 N–H and O–H groups in total. The molecule has 0 fully saturated rings. The standard InChI is InChI=1S/C22H26O6S/c1-4-17(2)21(26-15-18-11-7-5-8-12-18)20(28-29(3,24)25)16-27-22(23)19-13-9-6-10-14-19/h4-14,17,20-21H,1,15-16H2,2-3H3/t17-,20-,21+/m1/s1. The van der Waals surface area contributed by atoms with Crippen LogP contribution in [0.5, 0.6) is 0 Å². The Hall–Kier alpha value is -2.48. The van der Waals surface area contributed by atoms with Gasteiger partial charge in [-0.05, 0) is 17.7 Å². The fraction of sp³-hybridized carbons (Fsp3) is 0.318. The van der Waals surface area contributed by atoms with Gasteiger partial charge in [-0.15, -0.1) is 6.58 Å². The summed E-state index contributed by atoms with van der Waals surface area (Å²) in [4.78, 5) is 12.3. The molecular formula is C22H26O6S. The second-order valence-corrected chi connectivity index (χ2v) is 8.26. The van der Waals surface area contributed by atoms with Gasteiger partial charge in [0.2, 0.25) is 0 Å². The number of rotatable bonds is 11. The first-order chi connectivity index (χ1) is 13.8. The number of esters is 1. The molecule has 0 aliphatic heterocycles. The van der Waals surface area contributed by atoms with Gasteiger partial charge in [0.25, 0.3) is 10.1 Å². The molecule has 0 aliphatic rings. The molecule has 0 aromatic heterocycles. The molecule has 0 bridgehead atoms. The number of hydrogen-bond donors (Lipinski definition) is 0. The number of hydrogen-bond acceptors (Lipinski definition) is 6. The first kappa shape index (κ1) is 22.8. The molecule has 0 heterocycles. The van der Waals surface area contributed by atoms with Gasteiger partial charge in [0.05, 0.1) is 24.5 Å². The van der Waals surface area contributed by atoms with Gasteiger partial charge < -0.3 is 9.47 Å². The summed E-state index contributed by atoms with van der Waals surface area (Å²) < 4.78 is 40.1. The van der Waals surface area contributed by atoms with Crippen molar-refractivity contribution in [2.24, 2.45) is 5.92 Å². The lowest BCUT2D eigenvalue weighted by Gasteiger charge is -2.29. The Balaban J connectivity index is 2.15. The summed E-state index contributed by atoms with van der Waals surface area (Å²) in [6.45, 7) is 5.57. The van der Waals surface area contributed by atoms with Gasteiger partial charge in [-0.1, -0.05) is 61.5 Å². The molecule has 3 atom stereocenters. The van der Waals surface area contributed by atoms with Gasteiger partial charge in [-0.2, -0.15) is 8.42 Å². The van der Waals surface area contributed by atoms with Crippen LogP contribution >= 0.6 is 0 Å². The minimum Gasteiger partial charge on any atom is -0.459 e. The maximum absolute atomic E-state index is 12.3. The predicted molar refractivity (Wildman–Crippen MR) is 111 cm³/mol. The molecule has 29 heavy (non-hydrogen) atoms. The van der Waals surface area contributed by atoms with Crippen molar-refractivity contribution < 1.29 is 26.9 Å². The maximum atomic E-state index is 12.3. The third-order valence-corrected chi connectivity index (χ3v) is 4.83. The van der Waals surface area contributed by atoms with Crippen LogP contribution < -0.4 is 0 Å². The molecule has 2 aromatic carbocycles. The van der Waals surface area contributed by atoms with E-state index in [1.165, 1.54) is 0 Å². The summed E-state index contributed by atoms with van der Waals surface area (Å²) in [5, 5.41) is 0. The monoisotopic (exact) mass is 418 g/mol. The van der Waals surface area contributed by atoms with Crippen molar-refractivity contribution in [1.82, 2.24) is 0 Å². The van der Waals surface area contributed by atoms with Crippen molar-refractivity contribution in [2.75, 3.05) is 12.9 Å². The second kappa shape index (κ2) is 10.9. The summed E-state index contributed by atoms with van der Waals surface area (Å²) in [7, 11) is -3.81. The van der Waals surface area contributed by atoms with Gasteiger partial charge in [0.1, 0.15) is 12.7 Å². The van der Waals surface area contributed by atoms with E-state index < -0.39 is 28.3 Å². The van der Waals surface area contributed by atoms with Crippen LogP contribution in [0.3, 0.4) is 0 Å². The fourth-order valence-electron chi connectivity index (χ4n) is 2.72. The van der Waals surface area contributed by atoms with Gasteiger partial charge in [-0.3, -0.25) is 4.18 Å². The molecule has 6 nitrogen and oxygen atoms in total. The van der Waals surface area contributed by atoms with Crippen molar-refractivity contribution in [3.8, 4) is 0 Å². The first-order valence-corrected chi connectivity index (χ1v) is 11.0. The number of ether oxygens (including phenoxy) is 2. The molecule has 0 amide bonds. The van der Waals surface area contributed by atoms with E-state index in [4.69, 9.17) is 13.7 Å². The molecule has 2 aromatic rings.